The van der Waals surface area contributed by atoms with Crippen molar-refractivity contribution in [2.24, 2.45) is 17.8 Å². The summed E-state index contributed by atoms with van der Waals surface area (Å²) in [7, 11) is 0. The number of hydrogen-bond acceptors (Lipinski definition) is 3. The van der Waals surface area contributed by atoms with Gasteiger partial charge in [0.2, 0.25) is 0 Å². The Labute approximate surface area is 90.2 Å². The fourth-order valence-electron chi connectivity index (χ4n) is 3.04. The first-order chi connectivity index (χ1) is 7.20. The van der Waals surface area contributed by atoms with Crippen LogP contribution in [0.15, 0.2) is 0 Å². The van der Waals surface area contributed by atoms with Gasteiger partial charge in [-0.3, -0.25) is 9.59 Å². The van der Waals surface area contributed by atoms with E-state index in [9.17, 15) is 9.59 Å². The molecule has 0 spiro atoms. The molecule has 2 bridgehead atoms. The molecule has 0 aromatic heterocycles. The van der Waals surface area contributed by atoms with Gasteiger partial charge < -0.3 is 4.74 Å². The second kappa shape index (κ2) is 4.33. The van der Waals surface area contributed by atoms with Crippen molar-refractivity contribution in [3.05, 3.63) is 0 Å². The van der Waals surface area contributed by atoms with Crippen LogP contribution in [-0.2, 0) is 14.3 Å². The van der Waals surface area contributed by atoms with Crippen LogP contribution < -0.4 is 0 Å². The molecule has 84 valence electrons. The first-order valence-corrected chi connectivity index (χ1v) is 5.89. The van der Waals surface area contributed by atoms with Crippen LogP contribution in [0.2, 0.25) is 0 Å². The van der Waals surface area contributed by atoms with E-state index in [-0.39, 0.29) is 5.97 Å². The average molecular weight is 210 g/mol. The highest BCUT2D eigenvalue weighted by Gasteiger charge is 2.44. The molecule has 0 aromatic rings. The van der Waals surface area contributed by atoms with Crippen LogP contribution in [0.25, 0.3) is 0 Å². The van der Waals surface area contributed by atoms with Gasteiger partial charge in [-0.05, 0) is 38.0 Å². The molecule has 0 radical (unpaired) electrons. The van der Waals surface area contributed by atoms with Crippen LogP contribution in [0.4, 0.5) is 0 Å². The van der Waals surface area contributed by atoms with Gasteiger partial charge in [0.15, 0.2) is 0 Å². The van der Waals surface area contributed by atoms with Gasteiger partial charge in [-0.25, -0.2) is 0 Å². The summed E-state index contributed by atoms with van der Waals surface area (Å²) in [4.78, 5) is 22.5. The fourth-order valence-corrected chi connectivity index (χ4v) is 3.04. The molecule has 2 aliphatic rings. The van der Waals surface area contributed by atoms with E-state index >= 15 is 0 Å². The summed E-state index contributed by atoms with van der Waals surface area (Å²) in [6, 6.07) is 0. The molecular formula is C12H18O3. The van der Waals surface area contributed by atoms with E-state index < -0.39 is 0 Å². The second-order valence-electron chi connectivity index (χ2n) is 4.70. The van der Waals surface area contributed by atoms with Crippen molar-refractivity contribution in [1.29, 1.82) is 0 Å². The van der Waals surface area contributed by atoms with Gasteiger partial charge >= 0.3 is 5.97 Å². The summed E-state index contributed by atoms with van der Waals surface area (Å²) < 4.78 is 4.90. The Bertz CT molecular complexity index is 272. The van der Waals surface area contributed by atoms with Crippen LogP contribution in [0.5, 0.6) is 0 Å². The standard InChI is InChI=1S/C12H18O3/c1-2-15-12(14)4-3-8-5-10-6-9(8)7-11(10)13/h8-10H,2-7H2,1H3/t8-,9?,10?/m1/s1. The summed E-state index contributed by atoms with van der Waals surface area (Å²) in [6.45, 7) is 2.29. The van der Waals surface area contributed by atoms with Gasteiger partial charge in [0.25, 0.3) is 0 Å². The molecule has 2 saturated carbocycles. The van der Waals surface area contributed by atoms with Crippen LogP contribution in [0.3, 0.4) is 0 Å². The number of esters is 1. The van der Waals surface area contributed by atoms with E-state index in [1.165, 1.54) is 0 Å². The molecule has 0 aliphatic heterocycles. The number of ether oxygens (including phenoxy) is 1. The molecule has 0 aromatic carbocycles. The number of rotatable bonds is 4. The van der Waals surface area contributed by atoms with Gasteiger partial charge in [0.05, 0.1) is 6.61 Å². The molecule has 0 heterocycles. The number of carbonyl (C=O) groups is 2. The SMILES string of the molecule is CCOC(=O)CC[C@@H]1CC2CC1CC2=O. The molecule has 2 fully saturated rings. The van der Waals surface area contributed by atoms with Crippen LogP contribution in [0.1, 0.15) is 39.0 Å². The molecule has 2 aliphatic carbocycles. The Morgan fingerprint density at radius 2 is 2.27 bits per heavy atom. The first-order valence-electron chi connectivity index (χ1n) is 5.89. The minimum Gasteiger partial charge on any atom is -0.466 e. The zero-order valence-corrected chi connectivity index (χ0v) is 9.20. The van der Waals surface area contributed by atoms with Gasteiger partial charge in [-0.1, -0.05) is 0 Å². The zero-order valence-electron chi connectivity index (χ0n) is 9.20. The summed E-state index contributed by atoms with van der Waals surface area (Å²) in [5.41, 5.74) is 0. The van der Waals surface area contributed by atoms with Gasteiger partial charge in [-0.2, -0.15) is 0 Å². The van der Waals surface area contributed by atoms with E-state index in [4.69, 9.17) is 4.74 Å². The normalized spacial score (nSPS) is 33.4. The summed E-state index contributed by atoms with van der Waals surface area (Å²) in [5.74, 6) is 1.84. The lowest BCUT2D eigenvalue weighted by Crippen LogP contribution is -2.18. The van der Waals surface area contributed by atoms with Crippen LogP contribution >= 0.6 is 0 Å². The highest BCUT2D eigenvalue weighted by atomic mass is 16.5. The second-order valence-corrected chi connectivity index (χ2v) is 4.70. The Hall–Kier alpha value is -0.860. The smallest absolute Gasteiger partial charge is 0.305 e. The molecule has 2 rings (SSSR count). The Morgan fingerprint density at radius 3 is 2.80 bits per heavy atom. The van der Waals surface area contributed by atoms with Crippen molar-refractivity contribution in [3.63, 3.8) is 0 Å². The lowest BCUT2D eigenvalue weighted by atomic mass is 9.85. The number of Topliss-reactive ketones (excluding diaryl/α,β-unsaturated/α-hetero) is 1. The van der Waals surface area contributed by atoms with Crippen molar-refractivity contribution in [2.45, 2.75) is 39.0 Å². The van der Waals surface area contributed by atoms with Crippen molar-refractivity contribution in [3.8, 4) is 0 Å². The third-order valence-corrected chi connectivity index (χ3v) is 3.78. The Kier molecular flexibility index (Phi) is 3.08. The van der Waals surface area contributed by atoms with Crippen LogP contribution in [0, 0.1) is 17.8 Å². The van der Waals surface area contributed by atoms with Crippen molar-refractivity contribution in [1.82, 2.24) is 0 Å². The van der Waals surface area contributed by atoms with Gasteiger partial charge in [0.1, 0.15) is 5.78 Å². The van der Waals surface area contributed by atoms with Crippen molar-refractivity contribution < 1.29 is 14.3 Å². The molecule has 3 nitrogen and oxygen atoms in total. The van der Waals surface area contributed by atoms with E-state index in [0.29, 0.717) is 36.6 Å². The predicted molar refractivity (Wildman–Crippen MR) is 55.2 cm³/mol. The van der Waals surface area contributed by atoms with E-state index in [0.717, 1.165) is 25.7 Å². The number of ketones is 1. The zero-order chi connectivity index (χ0) is 10.8. The largest absolute Gasteiger partial charge is 0.466 e. The van der Waals surface area contributed by atoms with E-state index in [1.807, 2.05) is 6.92 Å². The maximum absolute atomic E-state index is 11.3. The summed E-state index contributed by atoms with van der Waals surface area (Å²) >= 11 is 0. The molecule has 3 atom stereocenters. The van der Waals surface area contributed by atoms with E-state index in [2.05, 4.69) is 0 Å². The molecule has 0 saturated heterocycles. The van der Waals surface area contributed by atoms with E-state index in [1.54, 1.807) is 0 Å². The van der Waals surface area contributed by atoms with Crippen LogP contribution in [-0.4, -0.2) is 18.4 Å². The third-order valence-electron chi connectivity index (χ3n) is 3.78. The third kappa shape index (κ3) is 2.21. The minimum atomic E-state index is -0.0911. The highest BCUT2D eigenvalue weighted by Crippen LogP contribution is 2.47. The predicted octanol–water partition coefficient (Wildman–Crippen LogP) is 1.94. The monoisotopic (exact) mass is 210 g/mol. The molecule has 2 unspecified atom stereocenters. The maximum atomic E-state index is 11.3. The van der Waals surface area contributed by atoms with Gasteiger partial charge in [0, 0.05) is 18.8 Å². The topological polar surface area (TPSA) is 43.4 Å². The van der Waals surface area contributed by atoms with Crippen molar-refractivity contribution >= 4 is 11.8 Å². The molecule has 0 amide bonds. The average Bonchev–Trinajstić information content (AvgIpc) is 2.73. The summed E-state index contributed by atoms with van der Waals surface area (Å²) in [6.07, 6.45) is 4.29. The number of fused-ring (bicyclic) bond motifs is 2. The summed E-state index contributed by atoms with van der Waals surface area (Å²) in [5, 5.41) is 0. The lowest BCUT2D eigenvalue weighted by Gasteiger charge is -2.20. The molecule has 15 heavy (non-hydrogen) atoms. The Morgan fingerprint density at radius 1 is 1.47 bits per heavy atom. The highest BCUT2D eigenvalue weighted by molar-refractivity contribution is 5.84. The molecule has 3 heteroatoms. The fraction of sp³-hybridized carbons (Fsp3) is 0.833. The molecular weight excluding hydrogens is 192 g/mol. The first kappa shape index (κ1) is 10.7. The minimum absolute atomic E-state index is 0.0911. The van der Waals surface area contributed by atoms with Gasteiger partial charge in [-0.15, -0.1) is 0 Å². The number of carbonyl (C=O) groups excluding carboxylic acids is 2. The quantitative estimate of drug-likeness (QED) is 0.666. The molecule has 0 N–H and O–H groups in total. The maximum Gasteiger partial charge on any atom is 0.305 e. The lowest BCUT2D eigenvalue weighted by molar-refractivity contribution is -0.143. The van der Waals surface area contributed by atoms with Crippen molar-refractivity contribution in [2.75, 3.05) is 6.61 Å². The Balaban J connectivity index is 1.74. The number of hydrogen-bond donors (Lipinski definition) is 0.